The van der Waals surface area contributed by atoms with Crippen LogP contribution in [0.3, 0.4) is 0 Å². The molecule has 1 N–H and O–H groups in total. The molecule has 1 aromatic rings. The van der Waals surface area contributed by atoms with E-state index in [1.54, 1.807) is 0 Å². The van der Waals surface area contributed by atoms with Gasteiger partial charge in [-0.25, -0.2) is 21.5 Å². The lowest BCUT2D eigenvalue weighted by molar-refractivity contribution is -0.120. The Hall–Kier alpha value is -1.54. The number of benzene rings is 1. The molecule has 0 atom stereocenters. The van der Waals surface area contributed by atoms with Gasteiger partial charge in [0.15, 0.2) is 0 Å². The summed E-state index contributed by atoms with van der Waals surface area (Å²) in [6.07, 6.45) is 2.30. The standard InChI is InChI=1S/C15H20F2N2O3S/c1-23(21,22)19-6-4-11(5-7-19)10-18-15(20)9-12-8-13(16)2-3-14(12)17/h2-3,8,11H,4-7,9-10H2,1H3,(H,18,20). The van der Waals surface area contributed by atoms with Gasteiger partial charge in [-0.05, 0) is 37.0 Å². The molecule has 1 aliphatic rings. The SMILES string of the molecule is CS(=O)(=O)N1CCC(CNC(=O)Cc2cc(F)ccc2F)CC1. The van der Waals surface area contributed by atoms with Gasteiger partial charge in [0.1, 0.15) is 11.6 Å². The van der Waals surface area contributed by atoms with Gasteiger partial charge < -0.3 is 5.32 Å². The van der Waals surface area contributed by atoms with Gasteiger partial charge in [-0.3, -0.25) is 4.79 Å². The molecule has 0 spiro atoms. The third-order valence-corrected chi connectivity index (χ3v) is 5.29. The van der Waals surface area contributed by atoms with E-state index in [1.165, 1.54) is 10.6 Å². The van der Waals surface area contributed by atoms with Crippen molar-refractivity contribution < 1.29 is 22.0 Å². The average molecular weight is 346 g/mol. The van der Waals surface area contributed by atoms with Crippen LogP contribution >= 0.6 is 0 Å². The van der Waals surface area contributed by atoms with E-state index in [0.717, 1.165) is 18.2 Å². The van der Waals surface area contributed by atoms with E-state index in [1.807, 2.05) is 0 Å². The predicted molar refractivity (Wildman–Crippen MR) is 82.2 cm³/mol. The maximum Gasteiger partial charge on any atom is 0.224 e. The normalized spacial score (nSPS) is 17.2. The van der Waals surface area contributed by atoms with Crippen LogP contribution in [-0.4, -0.2) is 44.5 Å². The molecule has 8 heteroatoms. The Morgan fingerprint density at radius 3 is 2.57 bits per heavy atom. The Labute approximate surface area is 134 Å². The average Bonchev–Trinajstić information content (AvgIpc) is 2.48. The van der Waals surface area contributed by atoms with Crippen molar-refractivity contribution >= 4 is 15.9 Å². The second kappa shape index (κ2) is 7.35. The van der Waals surface area contributed by atoms with Crippen molar-refractivity contribution in [1.29, 1.82) is 0 Å². The highest BCUT2D eigenvalue weighted by Crippen LogP contribution is 2.18. The number of nitrogens with zero attached hydrogens (tertiary/aromatic N) is 1. The third-order valence-electron chi connectivity index (χ3n) is 3.99. The van der Waals surface area contributed by atoms with Gasteiger partial charge in [-0.1, -0.05) is 0 Å². The van der Waals surface area contributed by atoms with Crippen molar-refractivity contribution in [3.63, 3.8) is 0 Å². The molecule has 1 amide bonds. The van der Waals surface area contributed by atoms with Crippen molar-refractivity contribution in [3.8, 4) is 0 Å². The van der Waals surface area contributed by atoms with Crippen molar-refractivity contribution in [3.05, 3.63) is 35.4 Å². The minimum Gasteiger partial charge on any atom is -0.356 e. The fourth-order valence-corrected chi connectivity index (χ4v) is 3.49. The highest BCUT2D eigenvalue weighted by atomic mass is 32.2. The van der Waals surface area contributed by atoms with Crippen molar-refractivity contribution in [2.75, 3.05) is 25.9 Å². The molecule has 1 aromatic carbocycles. The van der Waals surface area contributed by atoms with E-state index in [0.29, 0.717) is 32.5 Å². The summed E-state index contributed by atoms with van der Waals surface area (Å²) in [4.78, 5) is 11.8. The van der Waals surface area contributed by atoms with E-state index >= 15 is 0 Å². The first-order chi connectivity index (χ1) is 10.8. The lowest BCUT2D eigenvalue weighted by Gasteiger charge is -2.30. The quantitative estimate of drug-likeness (QED) is 0.874. The number of amides is 1. The summed E-state index contributed by atoms with van der Waals surface area (Å²) < 4.78 is 50.8. The largest absolute Gasteiger partial charge is 0.356 e. The molecule has 1 heterocycles. The molecule has 0 bridgehead atoms. The van der Waals surface area contributed by atoms with Gasteiger partial charge in [0.05, 0.1) is 12.7 Å². The molecule has 5 nitrogen and oxygen atoms in total. The molecule has 0 saturated carbocycles. The minimum absolute atomic E-state index is 0.0226. The third kappa shape index (κ3) is 5.24. The summed E-state index contributed by atoms with van der Waals surface area (Å²) in [6.45, 7) is 1.29. The minimum atomic E-state index is -3.16. The molecule has 1 aliphatic heterocycles. The van der Waals surface area contributed by atoms with Crippen molar-refractivity contribution in [2.24, 2.45) is 5.92 Å². The van der Waals surface area contributed by atoms with Gasteiger partial charge in [0.25, 0.3) is 0 Å². The van der Waals surface area contributed by atoms with E-state index in [9.17, 15) is 22.0 Å². The number of nitrogens with one attached hydrogen (secondary N) is 1. The second-order valence-electron chi connectivity index (χ2n) is 5.82. The van der Waals surface area contributed by atoms with Crippen LogP contribution < -0.4 is 5.32 Å². The fourth-order valence-electron chi connectivity index (χ4n) is 2.62. The Kier molecular flexibility index (Phi) is 5.69. The number of hydrogen-bond acceptors (Lipinski definition) is 3. The highest BCUT2D eigenvalue weighted by molar-refractivity contribution is 7.88. The maximum absolute atomic E-state index is 13.5. The second-order valence-corrected chi connectivity index (χ2v) is 7.80. The van der Waals surface area contributed by atoms with E-state index < -0.39 is 21.7 Å². The molecule has 1 saturated heterocycles. The zero-order valence-corrected chi connectivity index (χ0v) is 13.7. The summed E-state index contributed by atoms with van der Waals surface area (Å²) in [6, 6.07) is 3.02. The number of rotatable bonds is 5. The number of carbonyl (C=O) groups excluding carboxylic acids is 1. The van der Waals surface area contributed by atoms with Crippen LogP contribution in [0.5, 0.6) is 0 Å². The van der Waals surface area contributed by atoms with Crippen LogP contribution in [0, 0.1) is 17.6 Å². The molecule has 128 valence electrons. The molecule has 23 heavy (non-hydrogen) atoms. The summed E-state index contributed by atoms with van der Waals surface area (Å²) in [5, 5.41) is 2.71. The Morgan fingerprint density at radius 2 is 1.96 bits per heavy atom. The number of sulfonamides is 1. The first-order valence-electron chi connectivity index (χ1n) is 7.41. The number of hydrogen-bond donors (Lipinski definition) is 1. The lowest BCUT2D eigenvalue weighted by atomic mass is 9.98. The zero-order chi connectivity index (χ0) is 17.0. The van der Waals surface area contributed by atoms with E-state index in [2.05, 4.69) is 5.32 Å². The number of carbonyl (C=O) groups is 1. The molecule has 0 radical (unpaired) electrons. The highest BCUT2D eigenvalue weighted by Gasteiger charge is 2.25. The lowest BCUT2D eigenvalue weighted by Crippen LogP contribution is -2.41. The molecule has 0 unspecified atom stereocenters. The van der Waals surface area contributed by atoms with Crippen LogP contribution in [0.2, 0.25) is 0 Å². The molecule has 0 aromatic heterocycles. The topological polar surface area (TPSA) is 66.5 Å². The molecule has 0 aliphatic carbocycles. The predicted octanol–water partition coefficient (Wildman–Crippen LogP) is 1.30. The van der Waals surface area contributed by atoms with Gasteiger partial charge in [-0.2, -0.15) is 0 Å². The number of halogens is 2. The first kappa shape index (κ1) is 17.8. The van der Waals surface area contributed by atoms with Crippen LogP contribution in [0.15, 0.2) is 18.2 Å². The smallest absolute Gasteiger partial charge is 0.224 e. The molecular weight excluding hydrogens is 326 g/mol. The van der Waals surface area contributed by atoms with Gasteiger partial charge in [0.2, 0.25) is 15.9 Å². The summed E-state index contributed by atoms with van der Waals surface area (Å²) >= 11 is 0. The Bertz CT molecular complexity index is 671. The van der Waals surface area contributed by atoms with Gasteiger partial charge in [-0.15, -0.1) is 0 Å². The summed E-state index contributed by atoms with van der Waals surface area (Å²) in [5.74, 6) is -1.38. The van der Waals surface area contributed by atoms with Crippen LogP contribution in [0.25, 0.3) is 0 Å². The summed E-state index contributed by atoms with van der Waals surface area (Å²) in [7, 11) is -3.16. The van der Waals surface area contributed by atoms with Crippen LogP contribution in [-0.2, 0) is 21.2 Å². The Morgan fingerprint density at radius 1 is 1.30 bits per heavy atom. The molecule has 2 rings (SSSR count). The zero-order valence-electron chi connectivity index (χ0n) is 12.9. The fraction of sp³-hybridized carbons (Fsp3) is 0.533. The maximum atomic E-state index is 13.5. The monoisotopic (exact) mass is 346 g/mol. The van der Waals surface area contributed by atoms with Crippen molar-refractivity contribution in [1.82, 2.24) is 9.62 Å². The van der Waals surface area contributed by atoms with Crippen LogP contribution in [0.4, 0.5) is 8.78 Å². The van der Waals surface area contributed by atoms with Gasteiger partial charge >= 0.3 is 0 Å². The first-order valence-corrected chi connectivity index (χ1v) is 9.26. The van der Waals surface area contributed by atoms with E-state index in [-0.39, 0.29) is 23.8 Å². The van der Waals surface area contributed by atoms with E-state index in [4.69, 9.17) is 0 Å². The summed E-state index contributed by atoms with van der Waals surface area (Å²) in [5.41, 5.74) is 0.0226. The van der Waals surface area contributed by atoms with Crippen molar-refractivity contribution in [2.45, 2.75) is 19.3 Å². The Balaban J connectivity index is 1.78. The number of piperidine rings is 1. The van der Waals surface area contributed by atoms with Gasteiger partial charge in [0, 0.05) is 25.2 Å². The van der Waals surface area contributed by atoms with Crippen LogP contribution in [0.1, 0.15) is 18.4 Å². The molecular formula is C15H20F2N2O3S. The molecule has 1 fully saturated rings.